The van der Waals surface area contributed by atoms with Crippen LogP contribution in [-0.4, -0.2) is 11.5 Å². The number of likely N-dealkylation sites (N-methyl/N-ethyl adjacent to an activating group) is 1. The first kappa shape index (κ1) is 15.3. The average molecular weight is 309 g/mol. The van der Waals surface area contributed by atoms with E-state index in [2.05, 4.69) is 24.1 Å². The van der Waals surface area contributed by atoms with E-state index in [1.165, 1.54) is 0 Å². The van der Waals surface area contributed by atoms with Gasteiger partial charge in [-0.1, -0.05) is 43.1 Å². The Labute approximate surface area is 130 Å². The number of halogens is 2. The summed E-state index contributed by atoms with van der Waals surface area (Å²) < 4.78 is 0. The van der Waals surface area contributed by atoms with Gasteiger partial charge in [-0.2, -0.15) is 0 Å². The Morgan fingerprint density at radius 2 is 1.85 bits per heavy atom. The number of aromatic nitrogens is 1. The molecule has 0 aliphatic carbocycles. The second kappa shape index (κ2) is 7.07. The van der Waals surface area contributed by atoms with Gasteiger partial charge in [-0.3, -0.25) is 4.98 Å². The minimum atomic E-state index is 0.131. The van der Waals surface area contributed by atoms with Crippen LogP contribution in [0.1, 0.15) is 37.1 Å². The van der Waals surface area contributed by atoms with Crippen LogP contribution in [0.5, 0.6) is 0 Å². The first-order chi connectivity index (χ1) is 9.61. The van der Waals surface area contributed by atoms with Crippen molar-refractivity contribution in [2.45, 2.75) is 25.8 Å². The van der Waals surface area contributed by atoms with Gasteiger partial charge in [0.1, 0.15) is 0 Å². The minimum absolute atomic E-state index is 0.131. The Hall–Kier alpha value is -1.09. The lowest BCUT2D eigenvalue weighted by Crippen LogP contribution is -2.26. The molecule has 20 heavy (non-hydrogen) atoms. The number of nitrogens with zero attached hydrogens (tertiary/aromatic N) is 1. The molecule has 2 atom stereocenters. The van der Waals surface area contributed by atoms with Crippen molar-refractivity contribution in [1.82, 2.24) is 10.3 Å². The summed E-state index contributed by atoms with van der Waals surface area (Å²) in [6, 6.07) is 11.8. The van der Waals surface area contributed by atoms with Crippen molar-refractivity contribution in [1.29, 1.82) is 0 Å². The molecule has 1 N–H and O–H groups in total. The SMILES string of the molecule is CCNC(c1cc(Cl)cc(Cl)c1)C(C)c1ccccn1. The van der Waals surface area contributed by atoms with E-state index in [4.69, 9.17) is 23.2 Å². The molecule has 0 aliphatic rings. The van der Waals surface area contributed by atoms with E-state index in [-0.39, 0.29) is 12.0 Å². The fraction of sp³-hybridized carbons (Fsp3) is 0.312. The number of nitrogens with one attached hydrogen (secondary N) is 1. The van der Waals surface area contributed by atoms with Crippen LogP contribution in [0.2, 0.25) is 10.0 Å². The molecule has 0 aliphatic heterocycles. The summed E-state index contributed by atoms with van der Waals surface area (Å²) in [5.74, 6) is 0.227. The molecule has 4 heteroatoms. The zero-order valence-corrected chi connectivity index (χ0v) is 13.1. The van der Waals surface area contributed by atoms with Gasteiger partial charge in [0.15, 0.2) is 0 Å². The van der Waals surface area contributed by atoms with Crippen LogP contribution in [-0.2, 0) is 0 Å². The molecule has 0 fully saturated rings. The number of hydrogen-bond acceptors (Lipinski definition) is 2. The highest BCUT2D eigenvalue weighted by Gasteiger charge is 2.21. The number of rotatable bonds is 5. The van der Waals surface area contributed by atoms with Crippen molar-refractivity contribution in [3.63, 3.8) is 0 Å². The molecule has 1 heterocycles. The molecular weight excluding hydrogens is 291 g/mol. The summed E-state index contributed by atoms with van der Waals surface area (Å²) in [4.78, 5) is 4.45. The van der Waals surface area contributed by atoms with Crippen LogP contribution in [0.3, 0.4) is 0 Å². The highest BCUT2D eigenvalue weighted by Crippen LogP contribution is 2.32. The van der Waals surface area contributed by atoms with E-state index in [1.54, 1.807) is 6.07 Å². The van der Waals surface area contributed by atoms with Gasteiger partial charge in [0.05, 0.1) is 0 Å². The van der Waals surface area contributed by atoms with E-state index in [9.17, 15) is 0 Å². The normalized spacial score (nSPS) is 14.0. The van der Waals surface area contributed by atoms with Crippen molar-refractivity contribution < 1.29 is 0 Å². The Kier molecular flexibility index (Phi) is 5.41. The lowest BCUT2D eigenvalue weighted by molar-refractivity contribution is 0.472. The van der Waals surface area contributed by atoms with Gasteiger partial charge in [0.25, 0.3) is 0 Å². The monoisotopic (exact) mass is 308 g/mol. The van der Waals surface area contributed by atoms with Gasteiger partial charge in [-0.25, -0.2) is 0 Å². The molecule has 0 saturated heterocycles. The third-order valence-corrected chi connectivity index (χ3v) is 3.76. The molecule has 1 aromatic heterocycles. The molecule has 2 aromatic rings. The molecule has 106 valence electrons. The Morgan fingerprint density at radius 3 is 2.40 bits per heavy atom. The molecule has 0 radical (unpaired) electrons. The molecule has 1 aromatic carbocycles. The predicted octanol–water partition coefficient (Wildman–Crippen LogP) is 4.84. The summed E-state index contributed by atoms with van der Waals surface area (Å²) in [5.41, 5.74) is 2.14. The molecular formula is C16H18Cl2N2. The van der Waals surface area contributed by atoms with E-state index in [0.717, 1.165) is 17.8 Å². The van der Waals surface area contributed by atoms with Gasteiger partial charge < -0.3 is 5.32 Å². The smallest absolute Gasteiger partial charge is 0.0450 e. The van der Waals surface area contributed by atoms with Gasteiger partial charge >= 0.3 is 0 Å². The van der Waals surface area contributed by atoms with E-state index in [1.807, 2.05) is 36.5 Å². The first-order valence-electron chi connectivity index (χ1n) is 6.72. The fourth-order valence-corrected chi connectivity index (χ4v) is 2.92. The second-order valence-corrected chi connectivity index (χ2v) is 5.65. The van der Waals surface area contributed by atoms with Crippen molar-refractivity contribution in [2.75, 3.05) is 6.54 Å². The third-order valence-electron chi connectivity index (χ3n) is 3.32. The van der Waals surface area contributed by atoms with E-state index < -0.39 is 0 Å². The van der Waals surface area contributed by atoms with Crippen LogP contribution < -0.4 is 5.32 Å². The maximum absolute atomic E-state index is 6.12. The standard InChI is InChI=1S/C16H18Cl2N2/c1-3-19-16(11(2)15-6-4-5-7-20-15)12-8-13(17)10-14(18)9-12/h4-11,16,19H,3H2,1-2H3. The number of pyridine rings is 1. The predicted molar refractivity (Wildman–Crippen MR) is 85.5 cm³/mol. The van der Waals surface area contributed by atoms with Crippen molar-refractivity contribution >= 4 is 23.2 Å². The number of benzene rings is 1. The lowest BCUT2D eigenvalue weighted by atomic mass is 9.91. The minimum Gasteiger partial charge on any atom is -0.310 e. The summed E-state index contributed by atoms with van der Waals surface area (Å²) >= 11 is 12.2. The van der Waals surface area contributed by atoms with Crippen molar-refractivity contribution in [2.24, 2.45) is 0 Å². The van der Waals surface area contributed by atoms with Crippen LogP contribution in [0.15, 0.2) is 42.6 Å². The van der Waals surface area contributed by atoms with Crippen LogP contribution in [0.25, 0.3) is 0 Å². The molecule has 2 nitrogen and oxygen atoms in total. The quantitative estimate of drug-likeness (QED) is 0.854. The average Bonchev–Trinajstić information content (AvgIpc) is 2.44. The summed E-state index contributed by atoms with van der Waals surface area (Å²) in [7, 11) is 0. The van der Waals surface area contributed by atoms with Gasteiger partial charge in [-0.15, -0.1) is 0 Å². The first-order valence-corrected chi connectivity index (χ1v) is 7.47. The van der Waals surface area contributed by atoms with Gasteiger partial charge in [0.2, 0.25) is 0 Å². The Bertz CT molecular complexity index is 537. The van der Waals surface area contributed by atoms with E-state index in [0.29, 0.717) is 10.0 Å². The van der Waals surface area contributed by atoms with Crippen molar-refractivity contribution in [3.05, 3.63) is 63.9 Å². The molecule has 0 bridgehead atoms. The van der Waals surface area contributed by atoms with Crippen LogP contribution in [0.4, 0.5) is 0 Å². The summed E-state index contributed by atoms with van der Waals surface area (Å²) in [5, 5.41) is 4.81. The largest absolute Gasteiger partial charge is 0.310 e. The summed E-state index contributed by atoms with van der Waals surface area (Å²) in [6.07, 6.45) is 1.82. The van der Waals surface area contributed by atoms with Crippen LogP contribution in [0, 0.1) is 0 Å². The Balaban J connectivity index is 2.35. The Morgan fingerprint density at radius 1 is 1.15 bits per heavy atom. The molecule has 0 amide bonds. The maximum atomic E-state index is 6.12. The second-order valence-electron chi connectivity index (χ2n) is 4.78. The maximum Gasteiger partial charge on any atom is 0.0450 e. The highest BCUT2D eigenvalue weighted by molar-refractivity contribution is 6.34. The van der Waals surface area contributed by atoms with Gasteiger partial charge in [-0.05, 0) is 42.4 Å². The fourth-order valence-electron chi connectivity index (χ4n) is 2.37. The lowest BCUT2D eigenvalue weighted by Gasteiger charge is -2.25. The zero-order valence-electron chi connectivity index (χ0n) is 11.6. The van der Waals surface area contributed by atoms with E-state index >= 15 is 0 Å². The molecule has 0 spiro atoms. The molecule has 2 rings (SSSR count). The third kappa shape index (κ3) is 3.72. The highest BCUT2D eigenvalue weighted by atomic mass is 35.5. The van der Waals surface area contributed by atoms with Crippen LogP contribution >= 0.6 is 23.2 Å². The molecule has 2 unspecified atom stereocenters. The molecule has 0 saturated carbocycles. The zero-order chi connectivity index (χ0) is 14.5. The number of hydrogen-bond donors (Lipinski definition) is 1. The van der Waals surface area contributed by atoms with Gasteiger partial charge in [0, 0.05) is 33.9 Å². The topological polar surface area (TPSA) is 24.9 Å². The van der Waals surface area contributed by atoms with Crippen molar-refractivity contribution in [3.8, 4) is 0 Å². The summed E-state index contributed by atoms with van der Waals surface area (Å²) in [6.45, 7) is 5.11.